The van der Waals surface area contributed by atoms with E-state index in [1.54, 1.807) is 0 Å². The maximum Gasteiger partial charge on any atom is 0.190 e. The van der Waals surface area contributed by atoms with Crippen LogP contribution in [0.1, 0.15) is 68.7 Å². The maximum atomic E-state index is 5.98. The predicted molar refractivity (Wildman–Crippen MR) is 114 cm³/mol. The van der Waals surface area contributed by atoms with E-state index in [0.29, 0.717) is 6.61 Å². The Balaban J connectivity index is 0. The second kappa shape index (κ2) is 17.2. The van der Waals surface area contributed by atoms with Crippen LogP contribution in [-0.2, 0) is 9.47 Å². The Bertz CT molecular complexity index is 395. The smallest absolute Gasteiger partial charge is 0.190 e. The molecule has 1 rings (SSSR count). The summed E-state index contributed by atoms with van der Waals surface area (Å²) in [5, 5.41) is 6.91. The Hall–Kier alpha value is -1.20. The molecule has 26 heavy (non-hydrogen) atoms. The summed E-state index contributed by atoms with van der Waals surface area (Å²) in [7, 11) is 2.10. The van der Waals surface area contributed by atoms with E-state index in [0.717, 1.165) is 37.7 Å². The number of hydrogen-bond donors (Lipinski definition) is 2. The molecule has 2 N–H and O–H groups in total. The minimum Gasteiger partial charge on any atom is -0.474 e. The van der Waals surface area contributed by atoms with E-state index < -0.39 is 0 Å². The molecular weight excluding hydrogens is 326 g/mol. The van der Waals surface area contributed by atoms with E-state index in [2.05, 4.69) is 56.4 Å². The van der Waals surface area contributed by atoms with Gasteiger partial charge in [0.25, 0.3) is 0 Å². The largest absolute Gasteiger partial charge is 0.474 e. The summed E-state index contributed by atoms with van der Waals surface area (Å²) in [6.07, 6.45) is 3.25. The first-order valence-electron chi connectivity index (χ1n) is 10.3. The monoisotopic (exact) mass is 371 g/mol. The first kappa shape index (κ1) is 27.0. The Morgan fingerprint density at radius 2 is 1.85 bits per heavy atom. The first-order valence-corrected chi connectivity index (χ1v) is 10.3. The van der Waals surface area contributed by atoms with E-state index in [-0.39, 0.29) is 12.1 Å². The van der Waals surface area contributed by atoms with Crippen molar-refractivity contribution in [2.45, 2.75) is 80.9 Å². The van der Waals surface area contributed by atoms with Crippen LogP contribution in [0.4, 0.5) is 0 Å². The fraction of sp³-hybridized carbons (Fsp3) is 0.810. The molecule has 0 spiro atoms. The molecule has 5 nitrogen and oxygen atoms in total. The van der Waals surface area contributed by atoms with Gasteiger partial charge in [-0.3, -0.25) is 4.90 Å². The van der Waals surface area contributed by atoms with Crippen LogP contribution >= 0.6 is 0 Å². The third-order valence-corrected chi connectivity index (χ3v) is 3.66. The van der Waals surface area contributed by atoms with Crippen LogP contribution in [0, 0.1) is 0 Å². The number of ether oxygens (including phenoxy) is 2. The van der Waals surface area contributed by atoms with Gasteiger partial charge in [-0.2, -0.15) is 0 Å². The van der Waals surface area contributed by atoms with E-state index >= 15 is 0 Å². The molecule has 156 valence electrons. The van der Waals surface area contributed by atoms with Crippen molar-refractivity contribution >= 4 is 0 Å². The van der Waals surface area contributed by atoms with Gasteiger partial charge in [0.1, 0.15) is 6.10 Å². The molecule has 0 saturated heterocycles. The summed E-state index contributed by atoms with van der Waals surface area (Å²) in [4.78, 5) is 2.23. The summed E-state index contributed by atoms with van der Waals surface area (Å²) in [5.74, 6) is 0.856. The van der Waals surface area contributed by atoms with Gasteiger partial charge in [0.15, 0.2) is 5.88 Å². The first-order chi connectivity index (χ1) is 12.5. The number of rotatable bonds is 10. The van der Waals surface area contributed by atoms with Crippen LogP contribution in [0.5, 0.6) is 0 Å². The van der Waals surface area contributed by atoms with Gasteiger partial charge >= 0.3 is 0 Å². The number of nitrogens with zero attached hydrogens (tertiary/aromatic N) is 1. The molecular formula is C21H45N3O2. The van der Waals surface area contributed by atoms with Crippen molar-refractivity contribution < 1.29 is 9.47 Å². The molecule has 0 aromatic rings. The molecule has 2 atom stereocenters. The molecule has 0 fully saturated rings. The zero-order valence-corrected chi connectivity index (χ0v) is 19.0. The minimum atomic E-state index is 0.0466. The highest BCUT2D eigenvalue weighted by molar-refractivity contribution is 5.31. The quantitative estimate of drug-likeness (QED) is 0.438. The Morgan fingerprint density at radius 1 is 1.23 bits per heavy atom. The lowest BCUT2D eigenvalue weighted by Crippen LogP contribution is -2.41. The summed E-state index contributed by atoms with van der Waals surface area (Å²) in [6, 6.07) is 0.215. The minimum absolute atomic E-state index is 0.0466. The van der Waals surface area contributed by atoms with Gasteiger partial charge < -0.3 is 20.1 Å². The zero-order chi connectivity index (χ0) is 20.5. The van der Waals surface area contributed by atoms with Crippen molar-refractivity contribution in [2.75, 3.05) is 33.5 Å². The third kappa shape index (κ3) is 11.4. The van der Waals surface area contributed by atoms with Crippen molar-refractivity contribution in [3.05, 3.63) is 23.2 Å². The molecule has 0 amide bonds. The van der Waals surface area contributed by atoms with Crippen LogP contribution in [0.25, 0.3) is 0 Å². The highest BCUT2D eigenvalue weighted by atomic mass is 16.5. The average molecular weight is 372 g/mol. The van der Waals surface area contributed by atoms with Gasteiger partial charge in [-0.1, -0.05) is 41.5 Å². The van der Waals surface area contributed by atoms with Gasteiger partial charge in [-0.25, -0.2) is 0 Å². The van der Waals surface area contributed by atoms with E-state index in [9.17, 15) is 0 Å². The summed E-state index contributed by atoms with van der Waals surface area (Å²) < 4.78 is 11.5. The molecule has 1 heterocycles. The standard InChI is InChI=1S/C17H33N3O2.2C2H6/c1-7-9-21-11-14(4)22-17-13(3)10-16(15(5)19-17)18-12-20(6)8-2;2*1-2/h10,14-15,18-19H,7-9,11-12H2,1-6H3;2*1-2H3. The van der Waals surface area contributed by atoms with Gasteiger partial charge in [0.2, 0.25) is 0 Å². The molecule has 1 aliphatic heterocycles. The molecule has 0 saturated carbocycles. The van der Waals surface area contributed by atoms with Crippen molar-refractivity contribution in [3.8, 4) is 0 Å². The van der Waals surface area contributed by atoms with E-state index in [1.807, 2.05) is 34.6 Å². The van der Waals surface area contributed by atoms with Crippen LogP contribution in [0.2, 0.25) is 0 Å². The normalized spacial score (nSPS) is 17.2. The molecule has 0 aliphatic carbocycles. The zero-order valence-electron chi connectivity index (χ0n) is 19.0. The number of allylic oxidation sites excluding steroid dienone is 2. The second-order valence-corrected chi connectivity index (χ2v) is 5.99. The Kier molecular flexibility index (Phi) is 17.9. The SMILES string of the molecule is CC.CC.CCCOCC(C)OC1=C(C)C=C(NCN(C)CC)C(C)N1. The number of dihydropyridines is 1. The van der Waals surface area contributed by atoms with Gasteiger partial charge in [0, 0.05) is 17.9 Å². The van der Waals surface area contributed by atoms with Crippen molar-refractivity contribution in [1.82, 2.24) is 15.5 Å². The summed E-state index contributed by atoms with van der Waals surface area (Å²) in [5.41, 5.74) is 2.31. The molecule has 0 bridgehead atoms. The number of hydrogen-bond acceptors (Lipinski definition) is 5. The number of nitrogens with one attached hydrogen (secondary N) is 2. The second-order valence-electron chi connectivity index (χ2n) is 5.99. The highest BCUT2D eigenvalue weighted by Crippen LogP contribution is 2.17. The van der Waals surface area contributed by atoms with Crippen LogP contribution < -0.4 is 10.6 Å². The van der Waals surface area contributed by atoms with Crippen molar-refractivity contribution in [3.63, 3.8) is 0 Å². The Labute approximate surface area is 163 Å². The highest BCUT2D eigenvalue weighted by Gasteiger charge is 2.19. The van der Waals surface area contributed by atoms with Gasteiger partial charge in [-0.15, -0.1) is 0 Å². The molecule has 0 aromatic carbocycles. The molecule has 0 radical (unpaired) electrons. The molecule has 2 unspecified atom stereocenters. The third-order valence-electron chi connectivity index (χ3n) is 3.66. The van der Waals surface area contributed by atoms with E-state index in [4.69, 9.17) is 9.47 Å². The van der Waals surface area contributed by atoms with Gasteiger partial charge in [-0.05, 0) is 46.9 Å². The lowest BCUT2D eigenvalue weighted by atomic mass is 10.1. The van der Waals surface area contributed by atoms with E-state index in [1.165, 1.54) is 5.70 Å². The van der Waals surface area contributed by atoms with Crippen molar-refractivity contribution in [1.29, 1.82) is 0 Å². The lowest BCUT2D eigenvalue weighted by Gasteiger charge is -2.30. The van der Waals surface area contributed by atoms with Gasteiger partial charge in [0.05, 0.1) is 19.3 Å². The summed E-state index contributed by atoms with van der Waals surface area (Å²) >= 11 is 0. The average Bonchev–Trinajstić information content (AvgIpc) is 2.66. The lowest BCUT2D eigenvalue weighted by molar-refractivity contribution is 0.0173. The maximum absolute atomic E-state index is 5.98. The van der Waals surface area contributed by atoms with Crippen molar-refractivity contribution in [2.24, 2.45) is 0 Å². The predicted octanol–water partition coefficient (Wildman–Crippen LogP) is 4.48. The van der Waals surface area contributed by atoms with Crippen LogP contribution in [-0.4, -0.2) is 50.5 Å². The van der Waals surface area contributed by atoms with Crippen LogP contribution in [0.15, 0.2) is 23.2 Å². The summed E-state index contributed by atoms with van der Waals surface area (Å²) in [6.45, 7) is 21.8. The molecule has 5 heteroatoms. The fourth-order valence-corrected chi connectivity index (χ4v) is 2.11. The fourth-order valence-electron chi connectivity index (χ4n) is 2.11. The molecule has 0 aromatic heterocycles. The van der Waals surface area contributed by atoms with Crippen LogP contribution in [0.3, 0.4) is 0 Å². The Morgan fingerprint density at radius 3 is 2.38 bits per heavy atom. The topological polar surface area (TPSA) is 45.8 Å². The molecule has 1 aliphatic rings.